The molecule has 0 bridgehead atoms. The van der Waals surface area contributed by atoms with Crippen LogP contribution in [0.2, 0.25) is 0 Å². The molecule has 0 atom stereocenters. The van der Waals surface area contributed by atoms with Crippen molar-refractivity contribution in [3.8, 4) is 11.3 Å². The Balaban J connectivity index is 1.66. The number of hydrogen-bond donors (Lipinski definition) is 1. The van der Waals surface area contributed by atoms with Crippen LogP contribution in [0.25, 0.3) is 22.4 Å². The van der Waals surface area contributed by atoms with Gasteiger partial charge in [-0.05, 0) is 43.3 Å². The second kappa shape index (κ2) is 6.75. The van der Waals surface area contributed by atoms with Crippen LogP contribution in [0, 0.1) is 12.7 Å². The third kappa shape index (κ3) is 3.30. The van der Waals surface area contributed by atoms with Crippen LogP contribution in [0.15, 0.2) is 48.9 Å². The fraction of sp³-hybridized carbons (Fsp3) is 0.111. The Morgan fingerprint density at radius 1 is 0.962 bits per heavy atom. The van der Waals surface area contributed by atoms with Crippen LogP contribution in [0.5, 0.6) is 0 Å². The minimum absolute atomic E-state index is 0.299. The molecule has 0 aliphatic rings. The second-order valence-electron chi connectivity index (χ2n) is 5.68. The summed E-state index contributed by atoms with van der Waals surface area (Å²) in [7, 11) is 0. The number of hydrogen-bond acceptors (Lipinski definition) is 7. The van der Waals surface area contributed by atoms with Crippen molar-refractivity contribution in [3.63, 3.8) is 0 Å². The second-order valence-corrected chi connectivity index (χ2v) is 5.68. The maximum atomic E-state index is 13.1. The number of aromatic nitrogens is 6. The SMILES string of the molecule is Cc1ccc(CNc2ncnc3ncc(-c4ccc(F)cc4)nc23)nn1. The number of rotatable bonds is 4. The van der Waals surface area contributed by atoms with Crippen LogP contribution < -0.4 is 5.32 Å². The standard InChI is InChI=1S/C18H14FN7/c1-11-2-7-14(26-25-11)8-20-17-16-18(23-10-22-17)21-9-15(24-16)12-3-5-13(19)6-4-12/h2-7,9-10H,8H2,1H3,(H,20,21,22,23). The highest BCUT2D eigenvalue weighted by atomic mass is 19.1. The van der Waals surface area contributed by atoms with Gasteiger partial charge in [0.25, 0.3) is 0 Å². The van der Waals surface area contributed by atoms with E-state index in [0.29, 0.717) is 29.2 Å². The molecule has 0 aliphatic heterocycles. The number of nitrogens with one attached hydrogen (secondary N) is 1. The quantitative estimate of drug-likeness (QED) is 0.607. The van der Waals surface area contributed by atoms with Gasteiger partial charge in [0.1, 0.15) is 12.1 Å². The predicted molar refractivity (Wildman–Crippen MR) is 94.6 cm³/mol. The third-order valence-electron chi connectivity index (χ3n) is 3.77. The van der Waals surface area contributed by atoms with E-state index in [2.05, 4.69) is 35.5 Å². The lowest BCUT2D eigenvalue weighted by atomic mass is 10.1. The van der Waals surface area contributed by atoms with Crippen molar-refractivity contribution in [3.05, 3.63) is 66.1 Å². The average Bonchev–Trinajstić information content (AvgIpc) is 2.68. The van der Waals surface area contributed by atoms with E-state index in [1.54, 1.807) is 18.3 Å². The summed E-state index contributed by atoms with van der Waals surface area (Å²) in [4.78, 5) is 17.3. The Morgan fingerprint density at radius 3 is 2.58 bits per heavy atom. The first-order valence-electron chi connectivity index (χ1n) is 7.96. The van der Waals surface area contributed by atoms with Gasteiger partial charge >= 0.3 is 0 Å². The van der Waals surface area contributed by atoms with Crippen LogP contribution in [0.4, 0.5) is 10.2 Å². The van der Waals surface area contributed by atoms with Gasteiger partial charge in [-0.25, -0.2) is 24.3 Å². The third-order valence-corrected chi connectivity index (χ3v) is 3.77. The minimum Gasteiger partial charge on any atom is -0.362 e. The lowest BCUT2D eigenvalue weighted by molar-refractivity contribution is 0.628. The first kappa shape index (κ1) is 15.9. The maximum Gasteiger partial charge on any atom is 0.183 e. The van der Waals surface area contributed by atoms with Crippen molar-refractivity contribution in [1.82, 2.24) is 30.1 Å². The highest BCUT2D eigenvalue weighted by Crippen LogP contribution is 2.22. The lowest BCUT2D eigenvalue weighted by Crippen LogP contribution is -2.06. The molecule has 0 amide bonds. The van der Waals surface area contributed by atoms with E-state index in [1.807, 2.05) is 19.1 Å². The summed E-state index contributed by atoms with van der Waals surface area (Å²) in [6.45, 7) is 2.33. The summed E-state index contributed by atoms with van der Waals surface area (Å²) >= 11 is 0. The molecule has 3 aromatic heterocycles. The molecule has 8 heteroatoms. The molecule has 0 radical (unpaired) electrons. The summed E-state index contributed by atoms with van der Waals surface area (Å²) in [5.41, 5.74) is 4.03. The van der Waals surface area contributed by atoms with E-state index in [1.165, 1.54) is 18.5 Å². The van der Waals surface area contributed by atoms with Gasteiger partial charge in [-0.15, -0.1) is 0 Å². The van der Waals surface area contributed by atoms with Crippen molar-refractivity contribution in [2.45, 2.75) is 13.5 Å². The molecular weight excluding hydrogens is 333 g/mol. The van der Waals surface area contributed by atoms with Crippen molar-refractivity contribution < 1.29 is 4.39 Å². The number of fused-ring (bicyclic) bond motifs is 1. The first-order chi connectivity index (χ1) is 12.7. The molecule has 0 unspecified atom stereocenters. The summed E-state index contributed by atoms with van der Waals surface area (Å²) in [6.07, 6.45) is 3.04. The number of halogens is 1. The van der Waals surface area contributed by atoms with E-state index >= 15 is 0 Å². The Bertz CT molecular complexity index is 1050. The smallest absolute Gasteiger partial charge is 0.183 e. The Hall–Kier alpha value is -3.55. The zero-order chi connectivity index (χ0) is 17.9. The molecule has 4 rings (SSSR count). The molecule has 0 saturated carbocycles. The highest BCUT2D eigenvalue weighted by molar-refractivity contribution is 5.83. The highest BCUT2D eigenvalue weighted by Gasteiger charge is 2.09. The Kier molecular flexibility index (Phi) is 4.14. The van der Waals surface area contributed by atoms with Gasteiger partial charge in [-0.1, -0.05) is 0 Å². The summed E-state index contributed by atoms with van der Waals surface area (Å²) in [5.74, 6) is 0.251. The normalized spacial score (nSPS) is 10.8. The summed E-state index contributed by atoms with van der Waals surface area (Å²) in [6, 6.07) is 9.88. The molecule has 3 heterocycles. The number of nitrogens with zero attached hydrogens (tertiary/aromatic N) is 6. The van der Waals surface area contributed by atoms with Gasteiger partial charge in [-0.2, -0.15) is 10.2 Å². The molecule has 1 aromatic carbocycles. The number of anilines is 1. The monoisotopic (exact) mass is 347 g/mol. The van der Waals surface area contributed by atoms with Crippen molar-refractivity contribution in [1.29, 1.82) is 0 Å². The molecule has 0 aliphatic carbocycles. The van der Waals surface area contributed by atoms with Gasteiger partial charge in [0, 0.05) is 5.56 Å². The molecule has 7 nitrogen and oxygen atoms in total. The fourth-order valence-corrected chi connectivity index (χ4v) is 2.42. The van der Waals surface area contributed by atoms with Crippen molar-refractivity contribution >= 4 is 17.0 Å². The van der Waals surface area contributed by atoms with Gasteiger partial charge in [0.05, 0.1) is 29.8 Å². The first-order valence-corrected chi connectivity index (χ1v) is 7.96. The van der Waals surface area contributed by atoms with Crippen LogP contribution in [-0.4, -0.2) is 30.1 Å². The average molecular weight is 347 g/mol. The van der Waals surface area contributed by atoms with Crippen LogP contribution >= 0.6 is 0 Å². The molecule has 26 heavy (non-hydrogen) atoms. The molecular formula is C18H14FN7. The molecule has 128 valence electrons. The van der Waals surface area contributed by atoms with Crippen LogP contribution in [-0.2, 0) is 6.54 Å². The largest absolute Gasteiger partial charge is 0.362 e. The van der Waals surface area contributed by atoms with E-state index < -0.39 is 0 Å². The Morgan fingerprint density at radius 2 is 1.81 bits per heavy atom. The van der Waals surface area contributed by atoms with E-state index in [9.17, 15) is 4.39 Å². The summed E-state index contributed by atoms with van der Waals surface area (Å²) in [5, 5.41) is 11.3. The zero-order valence-electron chi connectivity index (χ0n) is 13.9. The van der Waals surface area contributed by atoms with Crippen LogP contribution in [0.3, 0.4) is 0 Å². The van der Waals surface area contributed by atoms with E-state index in [4.69, 9.17) is 0 Å². The van der Waals surface area contributed by atoms with E-state index in [-0.39, 0.29) is 5.82 Å². The fourth-order valence-electron chi connectivity index (χ4n) is 2.42. The molecule has 0 saturated heterocycles. The molecule has 0 fully saturated rings. The van der Waals surface area contributed by atoms with Gasteiger partial charge in [0.2, 0.25) is 0 Å². The maximum absolute atomic E-state index is 13.1. The number of benzene rings is 1. The minimum atomic E-state index is -0.299. The van der Waals surface area contributed by atoms with Crippen LogP contribution in [0.1, 0.15) is 11.4 Å². The molecule has 4 aromatic rings. The number of aryl methyl sites for hydroxylation is 1. The predicted octanol–water partition coefficient (Wildman–Crippen LogP) is 2.94. The molecule has 0 spiro atoms. The van der Waals surface area contributed by atoms with E-state index in [0.717, 1.165) is 17.0 Å². The molecule has 1 N–H and O–H groups in total. The summed E-state index contributed by atoms with van der Waals surface area (Å²) < 4.78 is 13.1. The van der Waals surface area contributed by atoms with Gasteiger partial charge in [0.15, 0.2) is 17.0 Å². The van der Waals surface area contributed by atoms with Gasteiger partial charge in [-0.3, -0.25) is 0 Å². The van der Waals surface area contributed by atoms with Crippen molar-refractivity contribution in [2.24, 2.45) is 0 Å². The topological polar surface area (TPSA) is 89.4 Å². The van der Waals surface area contributed by atoms with Crippen molar-refractivity contribution in [2.75, 3.05) is 5.32 Å². The zero-order valence-corrected chi connectivity index (χ0v) is 13.9. The lowest BCUT2D eigenvalue weighted by Gasteiger charge is -2.08. The Labute approximate surface area is 148 Å². The van der Waals surface area contributed by atoms with Gasteiger partial charge < -0.3 is 5.32 Å².